The third-order valence-electron chi connectivity index (χ3n) is 5.12. The molecule has 0 aliphatic carbocycles. The molecule has 4 rings (SSSR count). The van der Waals surface area contributed by atoms with E-state index >= 15 is 0 Å². The molecule has 1 aliphatic heterocycles. The molecule has 6 nitrogen and oxygen atoms in total. The fourth-order valence-electron chi connectivity index (χ4n) is 3.51. The Morgan fingerprint density at radius 1 is 1.00 bits per heavy atom. The molecule has 0 saturated carbocycles. The lowest BCUT2D eigenvalue weighted by Crippen LogP contribution is -2.35. The van der Waals surface area contributed by atoms with Gasteiger partial charge in [-0.1, -0.05) is 18.2 Å². The smallest absolute Gasteiger partial charge is 0.251 e. The van der Waals surface area contributed by atoms with Gasteiger partial charge in [0.2, 0.25) is 5.91 Å². The molecule has 1 aromatic heterocycles. The van der Waals surface area contributed by atoms with Crippen molar-refractivity contribution in [3.05, 3.63) is 78.1 Å². The Morgan fingerprint density at radius 2 is 1.79 bits per heavy atom. The van der Waals surface area contributed by atoms with Gasteiger partial charge in [-0.3, -0.25) is 9.59 Å². The van der Waals surface area contributed by atoms with Gasteiger partial charge in [0.25, 0.3) is 5.91 Å². The number of nitrogens with one attached hydrogen (secondary N) is 1. The first kappa shape index (κ1) is 18.9. The molecule has 3 aromatic rings. The van der Waals surface area contributed by atoms with Gasteiger partial charge in [0.15, 0.2) is 0 Å². The van der Waals surface area contributed by atoms with E-state index < -0.39 is 0 Å². The van der Waals surface area contributed by atoms with Crippen LogP contribution in [0.25, 0.3) is 5.69 Å². The number of piperidine rings is 1. The normalized spacial score (nSPS) is 14.1. The average molecular weight is 388 g/mol. The summed E-state index contributed by atoms with van der Waals surface area (Å²) in [5, 5.41) is 7.32. The molecular weight excluding hydrogens is 364 g/mol. The minimum absolute atomic E-state index is 0.114. The van der Waals surface area contributed by atoms with Crippen LogP contribution >= 0.6 is 0 Å². The molecule has 1 aliphatic rings. The second-order valence-corrected chi connectivity index (χ2v) is 7.18. The summed E-state index contributed by atoms with van der Waals surface area (Å²) in [6.07, 6.45) is 7.09. The van der Waals surface area contributed by atoms with Gasteiger partial charge in [-0.15, -0.1) is 0 Å². The number of hydrogen-bond donors (Lipinski definition) is 1. The number of hydrogen-bond acceptors (Lipinski definition) is 3. The summed E-state index contributed by atoms with van der Waals surface area (Å²) in [5.41, 5.74) is 3.53. The molecule has 2 amide bonds. The number of carbonyl (C=O) groups is 2. The van der Waals surface area contributed by atoms with E-state index in [-0.39, 0.29) is 11.8 Å². The minimum Gasteiger partial charge on any atom is -0.352 e. The molecule has 0 unspecified atom stereocenters. The predicted octanol–water partition coefficient (Wildman–Crippen LogP) is 3.36. The molecule has 0 bridgehead atoms. The Labute approximate surface area is 170 Å². The fraction of sp³-hybridized carbons (Fsp3) is 0.261. The van der Waals surface area contributed by atoms with Crippen LogP contribution in [-0.4, -0.2) is 34.7 Å². The van der Waals surface area contributed by atoms with Crippen LogP contribution in [0.1, 0.15) is 35.2 Å². The molecule has 2 aromatic carbocycles. The van der Waals surface area contributed by atoms with Crippen molar-refractivity contribution < 1.29 is 9.59 Å². The summed E-state index contributed by atoms with van der Waals surface area (Å²) in [4.78, 5) is 26.2. The van der Waals surface area contributed by atoms with Gasteiger partial charge in [-0.25, -0.2) is 4.68 Å². The van der Waals surface area contributed by atoms with Crippen LogP contribution in [0.15, 0.2) is 67.0 Å². The van der Waals surface area contributed by atoms with Crippen molar-refractivity contribution in [1.82, 2.24) is 15.1 Å². The van der Waals surface area contributed by atoms with Crippen LogP contribution in [-0.2, 0) is 11.2 Å². The van der Waals surface area contributed by atoms with Gasteiger partial charge in [0.1, 0.15) is 0 Å². The molecule has 2 heterocycles. The maximum Gasteiger partial charge on any atom is 0.251 e. The number of amides is 2. The molecule has 0 atom stereocenters. The summed E-state index contributed by atoms with van der Waals surface area (Å²) in [5.74, 6) is 0.0430. The zero-order valence-corrected chi connectivity index (χ0v) is 16.3. The highest BCUT2D eigenvalue weighted by atomic mass is 16.2. The van der Waals surface area contributed by atoms with Crippen LogP contribution in [0.4, 0.5) is 5.69 Å². The number of rotatable bonds is 6. The van der Waals surface area contributed by atoms with Crippen molar-refractivity contribution in [3.63, 3.8) is 0 Å². The van der Waals surface area contributed by atoms with Crippen molar-refractivity contribution >= 4 is 17.5 Å². The van der Waals surface area contributed by atoms with Crippen molar-refractivity contribution in [2.24, 2.45) is 0 Å². The van der Waals surface area contributed by atoms with E-state index in [2.05, 4.69) is 10.4 Å². The molecule has 6 heteroatoms. The summed E-state index contributed by atoms with van der Waals surface area (Å²) in [6, 6.07) is 17.2. The third kappa shape index (κ3) is 4.54. The Morgan fingerprint density at radius 3 is 2.55 bits per heavy atom. The standard InChI is InChI=1S/C23H24N4O2/c28-22-8-4-5-15-26(22)20-11-9-19(10-12-20)23(29)24-14-13-18-16-25-27(17-18)21-6-2-1-3-7-21/h1-3,6-7,9-12,16-17H,4-5,8,13-15H2,(H,24,29). The molecular formula is C23H24N4O2. The molecule has 0 radical (unpaired) electrons. The topological polar surface area (TPSA) is 67.2 Å². The van der Waals surface area contributed by atoms with E-state index in [1.165, 1.54) is 0 Å². The van der Waals surface area contributed by atoms with E-state index in [0.717, 1.165) is 36.3 Å². The van der Waals surface area contributed by atoms with Gasteiger partial charge >= 0.3 is 0 Å². The number of para-hydroxylation sites is 1. The van der Waals surface area contributed by atoms with Crippen molar-refractivity contribution in [1.29, 1.82) is 0 Å². The Kier molecular flexibility index (Phi) is 5.70. The van der Waals surface area contributed by atoms with Crippen LogP contribution < -0.4 is 10.2 Å². The van der Waals surface area contributed by atoms with Gasteiger partial charge in [0, 0.05) is 37.0 Å². The summed E-state index contributed by atoms with van der Waals surface area (Å²) < 4.78 is 1.83. The minimum atomic E-state index is -0.114. The molecule has 1 N–H and O–H groups in total. The molecule has 1 fully saturated rings. The van der Waals surface area contributed by atoms with E-state index in [9.17, 15) is 9.59 Å². The monoisotopic (exact) mass is 388 g/mol. The van der Waals surface area contributed by atoms with Crippen LogP contribution in [0.3, 0.4) is 0 Å². The summed E-state index contributed by atoms with van der Waals surface area (Å²) in [7, 11) is 0. The van der Waals surface area contributed by atoms with Crippen molar-refractivity contribution in [2.75, 3.05) is 18.0 Å². The highest BCUT2D eigenvalue weighted by Crippen LogP contribution is 2.21. The van der Waals surface area contributed by atoms with E-state index in [4.69, 9.17) is 0 Å². The first-order valence-electron chi connectivity index (χ1n) is 9.98. The van der Waals surface area contributed by atoms with E-state index in [1.807, 2.05) is 59.5 Å². The Balaban J connectivity index is 1.30. The first-order valence-corrected chi connectivity index (χ1v) is 9.98. The molecule has 0 spiro atoms. The fourth-order valence-corrected chi connectivity index (χ4v) is 3.51. The van der Waals surface area contributed by atoms with Gasteiger partial charge in [0.05, 0.1) is 11.9 Å². The molecule has 148 valence electrons. The zero-order chi connectivity index (χ0) is 20.1. The van der Waals surface area contributed by atoms with E-state index in [0.29, 0.717) is 24.9 Å². The van der Waals surface area contributed by atoms with Crippen molar-refractivity contribution in [2.45, 2.75) is 25.7 Å². The molecule has 29 heavy (non-hydrogen) atoms. The number of benzene rings is 2. The number of anilines is 1. The summed E-state index contributed by atoms with van der Waals surface area (Å²) in [6.45, 7) is 1.28. The van der Waals surface area contributed by atoms with Crippen LogP contribution in [0, 0.1) is 0 Å². The number of aromatic nitrogens is 2. The maximum absolute atomic E-state index is 12.4. The first-order chi connectivity index (χ1) is 14.2. The molecule has 1 saturated heterocycles. The van der Waals surface area contributed by atoms with Gasteiger partial charge in [-0.05, 0) is 61.2 Å². The second kappa shape index (κ2) is 8.73. The Bertz CT molecular complexity index is 980. The largest absolute Gasteiger partial charge is 0.352 e. The lowest BCUT2D eigenvalue weighted by molar-refractivity contribution is -0.119. The lowest BCUT2D eigenvalue weighted by atomic mass is 10.1. The van der Waals surface area contributed by atoms with Crippen LogP contribution in [0.2, 0.25) is 0 Å². The number of nitrogens with zero attached hydrogens (tertiary/aromatic N) is 3. The van der Waals surface area contributed by atoms with Gasteiger partial charge in [-0.2, -0.15) is 5.10 Å². The Hall–Kier alpha value is -3.41. The lowest BCUT2D eigenvalue weighted by Gasteiger charge is -2.26. The van der Waals surface area contributed by atoms with Gasteiger partial charge < -0.3 is 10.2 Å². The SMILES string of the molecule is O=C(NCCc1cnn(-c2ccccc2)c1)c1ccc(N2CCCCC2=O)cc1. The van der Waals surface area contributed by atoms with E-state index in [1.54, 1.807) is 17.0 Å². The number of carbonyl (C=O) groups excluding carboxylic acids is 2. The van der Waals surface area contributed by atoms with Crippen LogP contribution in [0.5, 0.6) is 0 Å². The van der Waals surface area contributed by atoms with Crippen molar-refractivity contribution in [3.8, 4) is 5.69 Å². The quantitative estimate of drug-likeness (QED) is 0.704. The second-order valence-electron chi connectivity index (χ2n) is 7.18. The average Bonchev–Trinajstić information content (AvgIpc) is 3.24. The zero-order valence-electron chi connectivity index (χ0n) is 16.3. The maximum atomic E-state index is 12.4. The summed E-state index contributed by atoms with van der Waals surface area (Å²) >= 11 is 0. The highest BCUT2D eigenvalue weighted by Gasteiger charge is 2.19. The highest BCUT2D eigenvalue weighted by molar-refractivity contribution is 5.96. The predicted molar refractivity (Wildman–Crippen MR) is 112 cm³/mol. The third-order valence-corrected chi connectivity index (χ3v) is 5.12.